The summed E-state index contributed by atoms with van der Waals surface area (Å²) in [5.74, 6) is 1.29. The van der Waals surface area contributed by atoms with Gasteiger partial charge >= 0.3 is 6.18 Å². The molecule has 11 heteroatoms. The smallest absolute Gasteiger partial charge is 0.433 e. The molecule has 1 atom stereocenters. The molecule has 0 spiro atoms. The molecule has 1 aromatic carbocycles. The Balaban J connectivity index is 1.44. The highest BCUT2D eigenvalue weighted by molar-refractivity contribution is 7.80. The number of anilines is 2. The molecule has 0 amide bonds. The monoisotopic (exact) mass is 509 g/mol. The lowest BCUT2D eigenvalue weighted by molar-refractivity contribution is -0.141. The van der Waals surface area contributed by atoms with E-state index >= 15 is 0 Å². The Morgan fingerprint density at radius 1 is 1.18 bits per heavy atom. The molecule has 34 heavy (non-hydrogen) atoms. The van der Waals surface area contributed by atoms with Gasteiger partial charge in [0.2, 0.25) is 5.95 Å². The van der Waals surface area contributed by atoms with Gasteiger partial charge in [0.1, 0.15) is 17.3 Å². The first kappa shape index (κ1) is 24.3. The third-order valence-electron chi connectivity index (χ3n) is 5.54. The standard InChI is InChI=1S/C23H23ClF3N5OS/c1-14-4-2-3-11-32(14)20-12-19(23(25,26)27)29-21(30-20)31-22(34)28-13-17-9-10-18(33-17)15-5-7-16(24)8-6-15/h5-10,12,14H,2-4,11,13H2,1H3,(H2,28,29,30,31,34)/t14-/m1/s1. The van der Waals surface area contributed by atoms with Crippen molar-refractivity contribution in [1.82, 2.24) is 15.3 Å². The maximum Gasteiger partial charge on any atom is 0.433 e. The molecule has 1 saturated heterocycles. The first-order chi connectivity index (χ1) is 16.2. The van der Waals surface area contributed by atoms with Crippen molar-refractivity contribution in [3.05, 3.63) is 58.9 Å². The number of rotatable bonds is 5. The number of hydrogen-bond donors (Lipinski definition) is 2. The van der Waals surface area contributed by atoms with Gasteiger partial charge in [-0.3, -0.25) is 0 Å². The van der Waals surface area contributed by atoms with Gasteiger partial charge in [0.25, 0.3) is 0 Å². The van der Waals surface area contributed by atoms with Crippen LogP contribution in [-0.4, -0.2) is 27.7 Å². The van der Waals surface area contributed by atoms with Gasteiger partial charge in [-0.2, -0.15) is 18.2 Å². The summed E-state index contributed by atoms with van der Waals surface area (Å²) >= 11 is 11.2. The second kappa shape index (κ2) is 10.2. The number of nitrogens with zero attached hydrogens (tertiary/aromatic N) is 3. The minimum Gasteiger partial charge on any atom is -0.459 e. The van der Waals surface area contributed by atoms with E-state index in [0.29, 0.717) is 23.1 Å². The van der Waals surface area contributed by atoms with E-state index in [-0.39, 0.29) is 29.5 Å². The van der Waals surface area contributed by atoms with Crippen LogP contribution in [0, 0.1) is 0 Å². The van der Waals surface area contributed by atoms with Crippen LogP contribution >= 0.6 is 23.8 Å². The fourth-order valence-electron chi connectivity index (χ4n) is 3.78. The summed E-state index contributed by atoms with van der Waals surface area (Å²) in [5.41, 5.74) is -0.146. The van der Waals surface area contributed by atoms with Crippen LogP contribution in [0.4, 0.5) is 24.9 Å². The molecule has 2 N–H and O–H groups in total. The molecule has 0 radical (unpaired) electrons. The molecular formula is C23H23ClF3N5OS. The highest BCUT2D eigenvalue weighted by atomic mass is 35.5. The number of thiocarbonyl (C=S) groups is 1. The van der Waals surface area contributed by atoms with Crippen molar-refractivity contribution in [2.24, 2.45) is 0 Å². The van der Waals surface area contributed by atoms with Crippen molar-refractivity contribution in [3.63, 3.8) is 0 Å². The summed E-state index contributed by atoms with van der Waals surface area (Å²) in [5, 5.41) is 6.31. The van der Waals surface area contributed by atoms with E-state index in [4.69, 9.17) is 28.2 Å². The molecule has 1 aliphatic rings. The second-order valence-electron chi connectivity index (χ2n) is 8.05. The van der Waals surface area contributed by atoms with Gasteiger partial charge in [-0.05, 0) is 74.8 Å². The third kappa shape index (κ3) is 5.98. The number of alkyl halides is 3. The Hall–Kier alpha value is -2.85. The summed E-state index contributed by atoms with van der Waals surface area (Å²) in [6.07, 6.45) is -1.76. The minimum atomic E-state index is -4.60. The van der Waals surface area contributed by atoms with Crippen molar-refractivity contribution >= 4 is 40.7 Å². The van der Waals surface area contributed by atoms with Crippen LogP contribution in [0.5, 0.6) is 0 Å². The first-order valence-corrected chi connectivity index (χ1v) is 11.6. The van der Waals surface area contributed by atoms with Crippen molar-refractivity contribution in [1.29, 1.82) is 0 Å². The van der Waals surface area contributed by atoms with Crippen LogP contribution in [0.2, 0.25) is 5.02 Å². The maximum absolute atomic E-state index is 13.5. The average Bonchev–Trinajstić information content (AvgIpc) is 3.27. The number of furan rings is 1. The van der Waals surface area contributed by atoms with Gasteiger partial charge in [0, 0.05) is 29.2 Å². The maximum atomic E-state index is 13.5. The summed E-state index contributed by atoms with van der Waals surface area (Å²) in [6.45, 7) is 2.86. The Morgan fingerprint density at radius 2 is 1.94 bits per heavy atom. The van der Waals surface area contributed by atoms with Crippen LogP contribution in [0.3, 0.4) is 0 Å². The molecule has 1 aliphatic heterocycles. The van der Waals surface area contributed by atoms with Crippen LogP contribution in [-0.2, 0) is 12.7 Å². The van der Waals surface area contributed by atoms with E-state index in [2.05, 4.69) is 20.6 Å². The van der Waals surface area contributed by atoms with Crippen molar-refractivity contribution in [3.8, 4) is 11.3 Å². The van der Waals surface area contributed by atoms with E-state index in [1.165, 1.54) is 0 Å². The average molecular weight is 510 g/mol. The fraction of sp³-hybridized carbons (Fsp3) is 0.348. The summed E-state index contributed by atoms with van der Waals surface area (Å²) in [7, 11) is 0. The number of benzene rings is 1. The van der Waals surface area contributed by atoms with Crippen LogP contribution < -0.4 is 15.5 Å². The quantitative estimate of drug-likeness (QED) is 0.393. The zero-order valence-electron chi connectivity index (χ0n) is 18.3. The van der Waals surface area contributed by atoms with Gasteiger partial charge in [-0.25, -0.2) is 4.98 Å². The Kier molecular flexibility index (Phi) is 7.27. The first-order valence-electron chi connectivity index (χ1n) is 10.8. The van der Waals surface area contributed by atoms with Gasteiger partial charge in [-0.15, -0.1) is 0 Å². The third-order valence-corrected chi connectivity index (χ3v) is 6.04. The Labute approximate surface area is 205 Å². The zero-order valence-corrected chi connectivity index (χ0v) is 19.9. The summed E-state index contributed by atoms with van der Waals surface area (Å²) in [6, 6.07) is 11.9. The number of hydrogen-bond acceptors (Lipinski definition) is 5. The van der Waals surface area contributed by atoms with Crippen LogP contribution in [0.15, 0.2) is 46.9 Å². The highest BCUT2D eigenvalue weighted by Gasteiger charge is 2.35. The molecule has 0 bridgehead atoms. The van der Waals surface area contributed by atoms with E-state index in [1.54, 1.807) is 18.2 Å². The van der Waals surface area contributed by atoms with E-state index in [9.17, 15) is 13.2 Å². The molecule has 180 valence electrons. The lowest BCUT2D eigenvalue weighted by Crippen LogP contribution is -2.38. The van der Waals surface area contributed by atoms with Gasteiger partial charge < -0.3 is 20.0 Å². The molecule has 0 unspecified atom stereocenters. The molecule has 3 aromatic rings. The van der Waals surface area contributed by atoms with E-state index in [0.717, 1.165) is 30.9 Å². The Morgan fingerprint density at radius 3 is 2.65 bits per heavy atom. The van der Waals surface area contributed by atoms with Crippen LogP contribution in [0.25, 0.3) is 11.3 Å². The lowest BCUT2D eigenvalue weighted by Gasteiger charge is -2.34. The largest absolute Gasteiger partial charge is 0.459 e. The molecule has 1 fully saturated rings. The molecule has 0 aliphatic carbocycles. The topological polar surface area (TPSA) is 66.2 Å². The van der Waals surface area contributed by atoms with Gasteiger partial charge in [-0.1, -0.05) is 11.6 Å². The number of aromatic nitrogens is 2. The van der Waals surface area contributed by atoms with Gasteiger partial charge in [0.15, 0.2) is 10.8 Å². The molecular weight excluding hydrogens is 487 g/mol. The molecule has 0 saturated carbocycles. The molecule has 6 nitrogen and oxygen atoms in total. The molecule has 2 aromatic heterocycles. The van der Waals surface area contributed by atoms with E-state index in [1.807, 2.05) is 30.0 Å². The van der Waals surface area contributed by atoms with Crippen molar-refractivity contribution in [2.75, 3.05) is 16.8 Å². The summed E-state index contributed by atoms with van der Waals surface area (Å²) < 4.78 is 46.2. The van der Waals surface area contributed by atoms with Crippen molar-refractivity contribution < 1.29 is 17.6 Å². The van der Waals surface area contributed by atoms with Crippen LogP contribution in [0.1, 0.15) is 37.6 Å². The predicted octanol–water partition coefficient (Wildman–Crippen LogP) is 6.27. The number of halogens is 4. The normalized spacial score (nSPS) is 16.4. The predicted molar refractivity (Wildman–Crippen MR) is 130 cm³/mol. The van der Waals surface area contributed by atoms with E-state index < -0.39 is 11.9 Å². The Bertz CT molecular complexity index is 1150. The fourth-order valence-corrected chi connectivity index (χ4v) is 4.07. The SMILES string of the molecule is C[C@@H]1CCCCN1c1cc(C(F)(F)F)nc(NC(=S)NCc2ccc(-c3ccc(Cl)cc3)o2)n1. The number of piperidine rings is 1. The second-order valence-corrected chi connectivity index (χ2v) is 8.90. The zero-order chi connectivity index (χ0) is 24.3. The van der Waals surface area contributed by atoms with Crippen molar-refractivity contribution in [2.45, 2.75) is 44.9 Å². The highest BCUT2D eigenvalue weighted by Crippen LogP contribution is 2.32. The lowest BCUT2D eigenvalue weighted by atomic mass is 10.0. The number of nitrogens with one attached hydrogen (secondary N) is 2. The minimum absolute atomic E-state index is 0.0846. The summed E-state index contributed by atoms with van der Waals surface area (Å²) in [4.78, 5) is 9.82. The molecule has 4 rings (SSSR count). The molecule has 3 heterocycles. The van der Waals surface area contributed by atoms with Gasteiger partial charge in [0.05, 0.1) is 6.54 Å².